The summed E-state index contributed by atoms with van der Waals surface area (Å²) < 4.78 is 0. The van der Waals surface area contributed by atoms with Gasteiger partial charge in [-0.1, -0.05) is 25.1 Å². The SMILES string of the molecule is CCc1ccc(NC(=O)CN2C(=O)S/C(=C\c3ccccn3)C2=O)cc1. The van der Waals surface area contributed by atoms with Crippen molar-refractivity contribution in [2.24, 2.45) is 0 Å². The first kappa shape index (κ1) is 17.9. The Morgan fingerprint density at radius 2 is 1.96 bits per heavy atom. The number of anilines is 1. The first-order chi connectivity index (χ1) is 12.6. The maximum absolute atomic E-state index is 12.4. The predicted molar refractivity (Wildman–Crippen MR) is 101 cm³/mol. The molecule has 0 unspecified atom stereocenters. The molecule has 1 aromatic heterocycles. The third-order valence-electron chi connectivity index (χ3n) is 3.79. The molecule has 7 heteroatoms. The lowest BCUT2D eigenvalue weighted by Gasteiger charge is -2.12. The van der Waals surface area contributed by atoms with Crippen LogP contribution in [0.25, 0.3) is 6.08 Å². The van der Waals surface area contributed by atoms with Gasteiger partial charge in [0.1, 0.15) is 6.54 Å². The van der Waals surface area contributed by atoms with Gasteiger partial charge in [-0.3, -0.25) is 24.3 Å². The van der Waals surface area contributed by atoms with Crippen molar-refractivity contribution in [3.8, 4) is 0 Å². The maximum Gasteiger partial charge on any atom is 0.294 e. The Bertz CT molecular complexity index is 863. The van der Waals surface area contributed by atoms with E-state index < -0.39 is 17.1 Å². The molecule has 1 aliphatic heterocycles. The molecule has 0 spiro atoms. The predicted octanol–water partition coefficient (Wildman–Crippen LogP) is 3.32. The zero-order valence-electron chi connectivity index (χ0n) is 14.1. The molecule has 26 heavy (non-hydrogen) atoms. The summed E-state index contributed by atoms with van der Waals surface area (Å²) in [5.74, 6) is -0.905. The van der Waals surface area contributed by atoms with E-state index in [1.807, 2.05) is 19.1 Å². The summed E-state index contributed by atoms with van der Waals surface area (Å²) >= 11 is 0.808. The average Bonchev–Trinajstić information content (AvgIpc) is 2.90. The smallest absolute Gasteiger partial charge is 0.294 e. The first-order valence-electron chi connectivity index (χ1n) is 8.12. The number of carbonyl (C=O) groups is 3. The van der Waals surface area contributed by atoms with Crippen molar-refractivity contribution in [2.45, 2.75) is 13.3 Å². The standard InChI is InChI=1S/C19H17N3O3S/c1-2-13-6-8-14(9-7-13)21-17(23)12-22-18(24)16(26-19(22)25)11-15-5-3-4-10-20-15/h3-11H,2,12H2,1H3,(H,21,23)/b16-11-. The second-order valence-corrected chi connectivity index (χ2v) is 6.61. The molecule has 1 aliphatic rings. The van der Waals surface area contributed by atoms with Crippen molar-refractivity contribution in [1.29, 1.82) is 0 Å². The number of nitrogens with one attached hydrogen (secondary N) is 1. The Labute approximate surface area is 155 Å². The highest BCUT2D eigenvalue weighted by Gasteiger charge is 2.36. The molecule has 0 saturated carbocycles. The molecule has 1 saturated heterocycles. The molecule has 2 heterocycles. The van der Waals surface area contributed by atoms with Crippen LogP contribution in [0.5, 0.6) is 0 Å². The van der Waals surface area contributed by atoms with Gasteiger partial charge >= 0.3 is 0 Å². The number of pyridine rings is 1. The molecule has 2 aromatic rings. The monoisotopic (exact) mass is 367 g/mol. The van der Waals surface area contributed by atoms with Crippen LogP contribution in [-0.2, 0) is 16.0 Å². The Morgan fingerprint density at radius 1 is 1.19 bits per heavy atom. The molecule has 0 aliphatic carbocycles. The Hall–Kier alpha value is -2.93. The van der Waals surface area contributed by atoms with Crippen molar-refractivity contribution in [3.05, 3.63) is 64.8 Å². The number of benzene rings is 1. The van der Waals surface area contributed by atoms with Gasteiger partial charge in [0.25, 0.3) is 11.1 Å². The average molecular weight is 367 g/mol. The Balaban J connectivity index is 1.65. The van der Waals surface area contributed by atoms with Gasteiger partial charge in [-0.2, -0.15) is 0 Å². The lowest BCUT2D eigenvalue weighted by molar-refractivity contribution is -0.127. The van der Waals surface area contributed by atoms with E-state index in [0.29, 0.717) is 11.4 Å². The molecule has 1 fully saturated rings. The quantitative estimate of drug-likeness (QED) is 0.820. The van der Waals surface area contributed by atoms with E-state index in [-0.39, 0.29) is 11.4 Å². The molecule has 0 radical (unpaired) electrons. The summed E-state index contributed by atoms with van der Waals surface area (Å²) in [6.07, 6.45) is 4.06. The fourth-order valence-electron chi connectivity index (χ4n) is 2.40. The van der Waals surface area contributed by atoms with Crippen LogP contribution in [0.1, 0.15) is 18.2 Å². The number of amides is 3. The van der Waals surface area contributed by atoms with Crippen LogP contribution in [0.3, 0.4) is 0 Å². The second kappa shape index (κ2) is 7.97. The molecule has 3 amide bonds. The number of aromatic nitrogens is 1. The molecule has 1 aromatic carbocycles. The zero-order chi connectivity index (χ0) is 18.5. The number of nitrogens with zero attached hydrogens (tertiary/aromatic N) is 2. The van der Waals surface area contributed by atoms with Gasteiger partial charge < -0.3 is 5.32 Å². The lowest BCUT2D eigenvalue weighted by Crippen LogP contribution is -2.36. The van der Waals surface area contributed by atoms with Gasteiger partial charge in [-0.25, -0.2) is 0 Å². The van der Waals surface area contributed by atoms with Crippen LogP contribution in [0.2, 0.25) is 0 Å². The molecule has 0 bridgehead atoms. The van der Waals surface area contributed by atoms with Gasteiger partial charge in [-0.05, 0) is 54.1 Å². The van der Waals surface area contributed by atoms with Crippen LogP contribution in [0.4, 0.5) is 10.5 Å². The van der Waals surface area contributed by atoms with Gasteiger partial charge in [0, 0.05) is 11.9 Å². The minimum Gasteiger partial charge on any atom is -0.325 e. The van der Waals surface area contributed by atoms with Crippen molar-refractivity contribution < 1.29 is 14.4 Å². The minimum atomic E-state index is -0.484. The first-order valence-corrected chi connectivity index (χ1v) is 8.93. The molecule has 1 N–H and O–H groups in total. The van der Waals surface area contributed by atoms with Crippen molar-refractivity contribution in [1.82, 2.24) is 9.88 Å². The minimum absolute atomic E-state index is 0.258. The van der Waals surface area contributed by atoms with E-state index >= 15 is 0 Å². The van der Waals surface area contributed by atoms with Crippen molar-refractivity contribution >= 4 is 40.6 Å². The lowest BCUT2D eigenvalue weighted by atomic mass is 10.1. The number of thioether (sulfide) groups is 1. The van der Waals surface area contributed by atoms with Crippen LogP contribution < -0.4 is 5.32 Å². The summed E-state index contributed by atoms with van der Waals surface area (Å²) in [7, 11) is 0. The van der Waals surface area contributed by atoms with Crippen LogP contribution in [0, 0.1) is 0 Å². The summed E-state index contributed by atoms with van der Waals surface area (Å²) in [4.78, 5) is 42.0. The Kier molecular flexibility index (Phi) is 5.48. The highest BCUT2D eigenvalue weighted by Crippen LogP contribution is 2.31. The van der Waals surface area contributed by atoms with Gasteiger partial charge in [0.05, 0.1) is 10.6 Å². The number of aryl methyl sites for hydroxylation is 1. The van der Waals surface area contributed by atoms with Crippen molar-refractivity contribution in [3.63, 3.8) is 0 Å². The summed E-state index contributed by atoms with van der Waals surface area (Å²) in [6, 6.07) is 12.7. The number of hydrogen-bond acceptors (Lipinski definition) is 5. The van der Waals surface area contributed by atoms with Crippen LogP contribution in [-0.4, -0.2) is 33.5 Å². The number of imide groups is 1. The molecule has 132 valence electrons. The van der Waals surface area contributed by atoms with E-state index in [0.717, 1.165) is 28.6 Å². The number of carbonyl (C=O) groups excluding carboxylic acids is 3. The van der Waals surface area contributed by atoms with Crippen LogP contribution >= 0.6 is 11.8 Å². The van der Waals surface area contributed by atoms with E-state index in [2.05, 4.69) is 10.3 Å². The zero-order valence-corrected chi connectivity index (χ0v) is 15.0. The topological polar surface area (TPSA) is 79.4 Å². The third kappa shape index (κ3) is 4.18. The molecule has 6 nitrogen and oxygen atoms in total. The molecule has 0 atom stereocenters. The van der Waals surface area contributed by atoms with E-state index in [4.69, 9.17) is 0 Å². The highest BCUT2D eigenvalue weighted by atomic mass is 32.2. The van der Waals surface area contributed by atoms with E-state index in [1.165, 1.54) is 0 Å². The van der Waals surface area contributed by atoms with Crippen molar-refractivity contribution in [2.75, 3.05) is 11.9 Å². The number of rotatable bonds is 5. The highest BCUT2D eigenvalue weighted by molar-refractivity contribution is 8.18. The van der Waals surface area contributed by atoms with E-state index in [9.17, 15) is 14.4 Å². The largest absolute Gasteiger partial charge is 0.325 e. The third-order valence-corrected chi connectivity index (χ3v) is 4.70. The van der Waals surface area contributed by atoms with Gasteiger partial charge in [0.15, 0.2) is 0 Å². The maximum atomic E-state index is 12.4. The fraction of sp³-hybridized carbons (Fsp3) is 0.158. The number of hydrogen-bond donors (Lipinski definition) is 1. The van der Waals surface area contributed by atoms with Crippen LogP contribution in [0.15, 0.2) is 53.6 Å². The molecule has 3 rings (SSSR count). The summed E-state index contributed by atoms with van der Waals surface area (Å²) in [5, 5.41) is 2.24. The summed E-state index contributed by atoms with van der Waals surface area (Å²) in [6.45, 7) is 1.73. The van der Waals surface area contributed by atoms with Gasteiger partial charge in [0.2, 0.25) is 5.91 Å². The second-order valence-electron chi connectivity index (χ2n) is 5.62. The molecular formula is C19H17N3O3S. The summed E-state index contributed by atoms with van der Waals surface area (Å²) in [5.41, 5.74) is 2.37. The van der Waals surface area contributed by atoms with E-state index in [1.54, 1.807) is 42.6 Å². The van der Waals surface area contributed by atoms with Gasteiger partial charge in [-0.15, -0.1) is 0 Å². The Morgan fingerprint density at radius 3 is 2.62 bits per heavy atom. The fourth-order valence-corrected chi connectivity index (χ4v) is 3.22. The molecular weight excluding hydrogens is 350 g/mol. The normalized spacial score (nSPS) is 15.6.